The molecule has 0 radical (unpaired) electrons. The summed E-state index contributed by atoms with van der Waals surface area (Å²) in [6.45, 7) is 3.01. The Morgan fingerprint density at radius 1 is 1.55 bits per heavy atom. The first kappa shape index (κ1) is 14.7. The molecule has 1 aromatic carbocycles. The zero-order chi connectivity index (χ0) is 14.4. The average Bonchev–Trinajstić information content (AvgIpc) is 2.49. The van der Waals surface area contributed by atoms with Gasteiger partial charge in [0.05, 0.1) is 6.61 Å². The Labute approximate surface area is 117 Å². The van der Waals surface area contributed by atoms with Gasteiger partial charge in [0.2, 0.25) is 0 Å². The standard InChI is InChI=1S/C14H20FN3O2/c15-12-4-3-11(13(6-12)14(16)18-19)8-17-7-10-2-1-5-20-9-10/h3-4,6,10,17,19H,1-2,5,7-9H2,(H2,16,18). The van der Waals surface area contributed by atoms with Crippen molar-refractivity contribution in [2.24, 2.45) is 16.8 Å². The summed E-state index contributed by atoms with van der Waals surface area (Å²) in [6.07, 6.45) is 2.25. The van der Waals surface area contributed by atoms with Crippen LogP contribution in [0.2, 0.25) is 0 Å². The average molecular weight is 281 g/mol. The highest BCUT2D eigenvalue weighted by atomic mass is 19.1. The zero-order valence-electron chi connectivity index (χ0n) is 11.3. The van der Waals surface area contributed by atoms with Gasteiger partial charge >= 0.3 is 0 Å². The minimum Gasteiger partial charge on any atom is -0.409 e. The van der Waals surface area contributed by atoms with Crippen LogP contribution in [-0.2, 0) is 11.3 Å². The number of hydrogen-bond acceptors (Lipinski definition) is 4. The summed E-state index contributed by atoms with van der Waals surface area (Å²) < 4.78 is 18.6. The van der Waals surface area contributed by atoms with Crippen LogP contribution in [0.3, 0.4) is 0 Å². The van der Waals surface area contributed by atoms with Crippen LogP contribution >= 0.6 is 0 Å². The molecule has 1 atom stereocenters. The molecule has 0 aromatic heterocycles. The predicted molar refractivity (Wildman–Crippen MR) is 74.2 cm³/mol. The summed E-state index contributed by atoms with van der Waals surface area (Å²) in [4.78, 5) is 0. The summed E-state index contributed by atoms with van der Waals surface area (Å²) >= 11 is 0. The molecule has 1 aromatic rings. The number of ether oxygens (including phenoxy) is 1. The van der Waals surface area contributed by atoms with Crippen molar-refractivity contribution >= 4 is 5.84 Å². The van der Waals surface area contributed by atoms with E-state index in [1.54, 1.807) is 6.07 Å². The monoisotopic (exact) mass is 281 g/mol. The van der Waals surface area contributed by atoms with E-state index in [9.17, 15) is 4.39 Å². The third-order valence-electron chi connectivity index (χ3n) is 3.46. The summed E-state index contributed by atoms with van der Waals surface area (Å²) in [5.74, 6) is 0.0230. The summed E-state index contributed by atoms with van der Waals surface area (Å²) in [5.41, 5.74) is 6.78. The van der Waals surface area contributed by atoms with Gasteiger partial charge in [0.15, 0.2) is 5.84 Å². The predicted octanol–water partition coefficient (Wildman–Crippen LogP) is 1.44. The van der Waals surface area contributed by atoms with Gasteiger partial charge in [-0.2, -0.15) is 0 Å². The molecule has 1 heterocycles. The second kappa shape index (κ2) is 7.21. The van der Waals surface area contributed by atoms with Crippen LogP contribution in [0, 0.1) is 11.7 Å². The lowest BCUT2D eigenvalue weighted by molar-refractivity contribution is 0.0547. The first-order valence-electron chi connectivity index (χ1n) is 6.75. The Kier molecular flexibility index (Phi) is 5.31. The van der Waals surface area contributed by atoms with Crippen molar-refractivity contribution in [2.45, 2.75) is 19.4 Å². The van der Waals surface area contributed by atoms with Gasteiger partial charge in [0.1, 0.15) is 5.82 Å². The molecule has 110 valence electrons. The molecule has 1 saturated heterocycles. The van der Waals surface area contributed by atoms with Crippen molar-refractivity contribution in [3.63, 3.8) is 0 Å². The van der Waals surface area contributed by atoms with Crippen molar-refractivity contribution in [3.05, 3.63) is 35.1 Å². The number of nitrogens with one attached hydrogen (secondary N) is 1. The SMILES string of the molecule is NC(=NO)c1cc(F)ccc1CNCC1CCCOC1. The van der Waals surface area contributed by atoms with E-state index >= 15 is 0 Å². The van der Waals surface area contributed by atoms with Crippen molar-refractivity contribution in [3.8, 4) is 0 Å². The number of oxime groups is 1. The van der Waals surface area contributed by atoms with Gasteiger partial charge < -0.3 is 21.0 Å². The number of amidine groups is 1. The van der Waals surface area contributed by atoms with E-state index < -0.39 is 5.82 Å². The second-order valence-corrected chi connectivity index (χ2v) is 5.00. The molecule has 5 nitrogen and oxygen atoms in total. The fourth-order valence-electron chi connectivity index (χ4n) is 2.37. The quantitative estimate of drug-likeness (QED) is 0.330. The molecule has 1 unspecified atom stereocenters. The van der Waals surface area contributed by atoms with Gasteiger partial charge in [-0.3, -0.25) is 0 Å². The Bertz CT molecular complexity index is 473. The molecule has 0 saturated carbocycles. The number of benzene rings is 1. The fourth-order valence-corrected chi connectivity index (χ4v) is 2.37. The molecule has 0 spiro atoms. The lowest BCUT2D eigenvalue weighted by Crippen LogP contribution is -2.29. The summed E-state index contributed by atoms with van der Waals surface area (Å²) in [6, 6.07) is 4.29. The largest absolute Gasteiger partial charge is 0.409 e. The molecule has 0 amide bonds. The topological polar surface area (TPSA) is 79.9 Å². The van der Waals surface area contributed by atoms with Gasteiger partial charge in [-0.25, -0.2) is 4.39 Å². The van der Waals surface area contributed by atoms with Gasteiger partial charge in [-0.15, -0.1) is 0 Å². The number of halogens is 1. The Morgan fingerprint density at radius 3 is 3.10 bits per heavy atom. The summed E-state index contributed by atoms with van der Waals surface area (Å²) in [7, 11) is 0. The lowest BCUT2D eigenvalue weighted by Gasteiger charge is -2.22. The minimum absolute atomic E-state index is 0.0812. The van der Waals surface area contributed by atoms with E-state index in [2.05, 4.69) is 10.5 Å². The summed E-state index contributed by atoms with van der Waals surface area (Å²) in [5, 5.41) is 15.0. The molecule has 0 aliphatic carbocycles. The third kappa shape index (κ3) is 3.91. The first-order valence-corrected chi connectivity index (χ1v) is 6.75. The molecule has 0 bridgehead atoms. The van der Waals surface area contributed by atoms with E-state index in [1.807, 2.05) is 0 Å². The van der Waals surface area contributed by atoms with Gasteiger partial charge in [-0.1, -0.05) is 11.2 Å². The van der Waals surface area contributed by atoms with E-state index in [-0.39, 0.29) is 5.84 Å². The number of hydrogen-bond donors (Lipinski definition) is 3. The van der Waals surface area contributed by atoms with Gasteiger partial charge in [0, 0.05) is 25.3 Å². The highest BCUT2D eigenvalue weighted by molar-refractivity contribution is 5.98. The lowest BCUT2D eigenvalue weighted by atomic mass is 10.0. The van der Waals surface area contributed by atoms with E-state index in [0.717, 1.165) is 38.2 Å². The molecular weight excluding hydrogens is 261 g/mol. The van der Waals surface area contributed by atoms with Crippen LogP contribution in [-0.4, -0.2) is 30.8 Å². The Hall–Kier alpha value is -1.66. The first-order chi connectivity index (χ1) is 9.70. The highest BCUT2D eigenvalue weighted by Crippen LogP contribution is 2.14. The van der Waals surface area contributed by atoms with Crippen molar-refractivity contribution in [1.29, 1.82) is 0 Å². The molecule has 1 aliphatic rings. The maximum Gasteiger partial charge on any atom is 0.170 e. The van der Waals surface area contributed by atoms with Crippen LogP contribution in [0.1, 0.15) is 24.0 Å². The zero-order valence-corrected chi connectivity index (χ0v) is 11.3. The van der Waals surface area contributed by atoms with E-state index in [0.29, 0.717) is 18.0 Å². The molecule has 1 aliphatic heterocycles. The third-order valence-corrected chi connectivity index (χ3v) is 3.46. The normalized spacial score (nSPS) is 20.1. The molecule has 4 N–H and O–H groups in total. The van der Waals surface area contributed by atoms with Crippen LogP contribution in [0.5, 0.6) is 0 Å². The van der Waals surface area contributed by atoms with E-state index in [4.69, 9.17) is 15.7 Å². The molecule has 1 fully saturated rings. The number of rotatable bonds is 5. The highest BCUT2D eigenvalue weighted by Gasteiger charge is 2.14. The van der Waals surface area contributed by atoms with Crippen LogP contribution in [0.4, 0.5) is 4.39 Å². The number of nitrogens with zero attached hydrogens (tertiary/aromatic N) is 1. The van der Waals surface area contributed by atoms with Crippen LogP contribution < -0.4 is 11.1 Å². The molecule has 2 rings (SSSR count). The van der Waals surface area contributed by atoms with Crippen molar-refractivity contribution in [1.82, 2.24) is 5.32 Å². The van der Waals surface area contributed by atoms with Crippen LogP contribution in [0.15, 0.2) is 23.4 Å². The van der Waals surface area contributed by atoms with Gasteiger partial charge in [0.25, 0.3) is 0 Å². The second-order valence-electron chi connectivity index (χ2n) is 5.00. The Morgan fingerprint density at radius 2 is 2.40 bits per heavy atom. The van der Waals surface area contributed by atoms with Crippen LogP contribution in [0.25, 0.3) is 0 Å². The molecule has 20 heavy (non-hydrogen) atoms. The van der Waals surface area contributed by atoms with Crippen molar-refractivity contribution < 1.29 is 14.3 Å². The van der Waals surface area contributed by atoms with Gasteiger partial charge in [-0.05, 0) is 36.5 Å². The maximum absolute atomic E-state index is 13.2. The number of nitrogens with two attached hydrogens (primary N) is 1. The molecular formula is C14H20FN3O2. The molecule has 6 heteroatoms. The Balaban J connectivity index is 1.94. The van der Waals surface area contributed by atoms with Crippen molar-refractivity contribution in [2.75, 3.05) is 19.8 Å². The fraction of sp³-hybridized carbons (Fsp3) is 0.500. The minimum atomic E-state index is -0.406. The van der Waals surface area contributed by atoms with E-state index in [1.165, 1.54) is 12.1 Å². The smallest absolute Gasteiger partial charge is 0.170 e. The maximum atomic E-state index is 13.2.